The van der Waals surface area contributed by atoms with Crippen LogP contribution in [0.5, 0.6) is 0 Å². The number of fused-ring (bicyclic) bond motifs is 2. The minimum atomic E-state index is -0.417. The number of hydrogen-bond donors (Lipinski definition) is 0. The van der Waals surface area contributed by atoms with Crippen molar-refractivity contribution in [2.75, 3.05) is 6.54 Å². The van der Waals surface area contributed by atoms with Crippen LogP contribution in [0, 0.1) is 11.8 Å². The number of benzene rings is 1. The number of esters is 1. The van der Waals surface area contributed by atoms with Crippen molar-refractivity contribution in [3.8, 4) is 0 Å². The van der Waals surface area contributed by atoms with Crippen LogP contribution >= 0.6 is 11.3 Å². The zero-order valence-electron chi connectivity index (χ0n) is 14.3. The summed E-state index contributed by atoms with van der Waals surface area (Å²) in [6, 6.07) is 7.75. The summed E-state index contributed by atoms with van der Waals surface area (Å²) in [7, 11) is 0. The molecule has 2 heterocycles. The van der Waals surface area contributed by atoms with Crippen LogP contribution in [-0.2, 0) is 25.7 Å². The fraction of sp³-hybridized carbons (Fsp3) is 0.474. The van der Waals surface area contributed by atoms with Gasteiger partial charge >= 0.3 is 5.97 Å². The van der Waals surface area contributed by atoms with Crippen LogP contribution < -0.4 is 0 Å². The minimum Gasteiger partial charge on any atom is -0.458 e. The van der Waals surface area contributed by atoms with E-state index in [0.29, 0.717) is 0 Å². The van der Waals surface area contributed by atoms with Gasteiger partial charge in [0.2, 0.25) is 11.8 Å². The van der Waals surface area contributed by atoms with Gasteiger partial charge in [-0.15, -0.1) is 11.3 Å². The highest BCUT2D eigenvalue weighted by Gasteiger charge is 2.47. The first-order valence-corrected chi connectivity index (χ1v) is 9.80. The molecule has 1 aliphatic heterocycles. The number of amides is 2. The molecule has 2 aromatic rings. The second kappa shape index (κ2) is 7.15. The maximum atomic E-state index is 12.4. The van der Waals surface area contributed by atoms with Gasteiger partial charge in [-0.2, -0.15) is 0 Å². The number of likely N-dealkylation sites (tertiary alicyclic amines) is 1. The summed E-state index contributed by atoms with van der Waals surface area (Å²) in [5, 5.41) is 0.735. The highest BCUT2D eigenvalue weighted by molar-refractivity contribution is 7.18. The molecule has 0 radical (unpaired) electrons. The van der Waals surface area contributed by atoms with Gasteiger partial charge in [-0.1, -0.05) is 25.0 Å². The number of carbonyl (C=O) groups excluding carboxylic acids is 3. The molecule has 2 amide bonds. The van der Waals surface area contributed by atoms with Crippen molar-refractivity contribution >= 4 is 39.3 Å². The first-order chi connectivity index (χ1) is 12.6. The Kier molecular flexibility index (Phi) is 4.72. The van der Waals surface area contributed by atoms with Crippen LogP contribution in [0.15, 0.2) is 24.3 Å². The fourth-order valence-corrected chi connectivity index (χ4v) is 4.73. The molecule has 1 saturated heterocycles. The zero-order valence-corrected chi connectivity index (χ0v) is 15.2. The van der Waals surface area contributed by atoms with Crippen LogP contribution in [0.2, 0.25) is 0 Å². The molecule has 2 atom stereocenters. The smallest absolute Gasteiger partial charge is 0.308 e. The maximum absolute atomic E-state index is 12.4. The molecule has 0 N–H and O–H groups in total. The van der Waals surface area contributed by atoms with Gasteiger partial charge in [0.05, 0.1) is 28.5 Å². The van der Waals surface area contributed by atoms with E-state index >= 15 is 0 Å². The molecule has 1 aromatic heterocycles. The molecule has 4 rings (SSSR count). The molecule has 1 aromatic carbocycles. The Labute approximate surface area is 155 Å². The molecule has 136 valence electrons. The fourth-order valence-electron chi connectivity index (χ4n) is 3.85. The summed E-state index contributed by atoms with van der Waals surface area (Å²) in [5.74, 6) is -0.984. The first-order valence-electron chi connectivity index (χ1n) is 8.99. The number of ether oxygens (including phenoxy) is 1. The van der Waals surface area contributed by atoms with E-state index in [-0.39, 0.29) is 43.2 Å². The first kappa shape index (κ1) is 17.1. The number of imide groups is 1. The Morgan fingerprint density at radius 1 is 1.15 bits per heavy atom. The third-order valence-corrected chi connectivity index (χ3v) is 6.18. The second-order valence-electron chi connectivity index (χ2n) is 6.81. The quantitative estimate of drug-likeness (QED) is 0.596. The Morgan fingerprint density at radius 2 is 1.85 bits per heavy atom. The lowest BCUT2D eigenvalue weighted by atomic mass is 9.81. The van der Waals surface area contributed by atoms with Crippen LogP contribution in [0.25, 0.3) is 10.2 Å². The molecule has 7 heteroatoms. The van der Waals surface area contributed by atoms with Crippen LogP contribution in [0.3, 0.4) is 0 Å². The lowest BCUT2D eigenvalue weighted by molar-refractivity contribution is -0.146. The van der Waals surface area contributed by atoms with Gasteiger partial charge in [0.25, 0.3) is 0 Å². The molecule has 2 aliphatic rings. The Hall–Kier alpha value is -2.28. The van der Waals surface area contributed by atoms with E-state index in [0.717, 1.165) is 40.9 Å². The van der Waals surface area contributed by atoms with Crippen molar-refractivity contribution < 1.29 is 19.1 Å². The largest absolute Gasteiger partial charge is 0.458 e. The Bertz CT molecular complexity index is 805. The number of rotatable bonds is 5. The lowest BCUT2D eigenvalue weighted by Gasteiger charge is -2.19. The van der Waals surface area contributed by atoms with E-state index in [1.165, 1.54) is 16.2 Å². The molecular formula is C19H20N2O4S. The van der Waals surface area contributed by atoms with Crippen molar-refractivity contribution in [2.45, 2.75) is 38.7 Å². The van der Waals surface area contributed by atoms with Gasteiger partial charge in [0.15, 0.2) is 0 Å². The molecular weight excluding hydrogens is 352 g/mol. The van der Waals surface area contributed by atoms with E-state index in [1.54, 1.807) is 0 Å². The molecule has 26 heavy (non-hydrogen) atoms. The maximum Gasteiger partial charge on any atom is 0.308 e. The Morgan fingerprint density at radius 3 is 2.54 bits per heavy atom. The standard InChI is InChI=1S/C19H20N2O4S/c22-17(25-11-16-20-14-7-3-4-8-15(14)26-16)9-10-21-18(23)12-5-1-2-6-13(12)19(21)24/h3-4,7-8,12-13H,1-2,5-6,9-11H2/t12-,13-/m1/s1. The van der Waals surface area contributed by atoms with E-state index < -0.39 is 5.97 Å². The zero-order chi connectivity index (χ0) is 18.1. The van der Waals surface area contributed by atoms with Crippen molar-refractivity contribution in [2.24, 2.45) is 11.8 Å². The monoisotopic (exact) mass is 372 g/mol. The van der Waals surface area contributed by atoms with Crippen LogP contribution in [0.4, 0.5) is 0 Å². The van der Waals surface area contributed by atoms with Gasteiger partial charge in [0.1, 0.15) is 11.6 Å². The average Bonchev–Trinajstić information content (AvgIpc) is 3.18. The second-order valence-corrected chi connectivity index (χ2v) is 7.93. The number of nitrogens with zero attached hydrogens (tertiary/aromatic N) is 2. The molecule has 0 spiro atoms. The van der Waals surface area contributed by atoms with Crippen molar-refractivity contribution in [3.05, 3.63) is 29.3 Å². The van der Waals surface area contributed by atoms with Gasteiger partial charge < -0.3 is 4.74 Å². The molecule has 1 saturated carbocycles. The van der Waals surface area contributed by atoms with Crippen LogP contribution in [-0.4, -0.2) is 34.2 Å². The van der Waals surface area contributed by atoms with Gasteiger partial charge in [-0.25, -0.2) is 4.98 Å². The summed E-state index contributed by atoms with van der Waals surface area (Å²) >= 11 is 1.49. The van der Waals surface area contributed by atoms with Crippen molar-refractivity contribution in [1.29, 1.82) is 0 Å². The summed E-state index contributed by atoms with van der Waals surface area (Å²) in [6.45, 7) is 0.231. The lowest BCUT2D eigenvalue weighted by Crippen LogP contribution is -2.33. The van der Waals surface area contributed by atoms with E-state index in [4.69, 9.17) is 4.74 Å². The highest BCUT2D eigenvalue weighted by atomic mass is 32.1. The van der Waals surface area contributed by atoms with Crippen molar-refractivity contribution in [1.82, 2.24) is 9.88 Å². The number of aromatic nitrogens is 1. The third-order valence-electron chi connectivity index (χ3n) is 5.17. The summed E-state index contributed by atoms with van der Waals surface area (Å²) < 4.78 is 6.32. The number of hydrogen-bond acceptors (Lipinski definition) is 6. The van der Waals surface area contributed by atoms with Gasteiger partial charge in [0, 0.05) is 6.54 Å². The average molecular weight is 372 g/mol. The molecule has 6 nitrogen and oxygen atoms in total. The normalized spacial score (nSPS) is 22.7. The van der Waals surface area contributed by atoms with Crippen LogP contribution in [0.1, 0.15) is 37.1 Å². The molecule has 1 aliphatic carbocycles. The number of para-hydroxylation sites is 1. The number of carbonyl (C=O) groups is 3. The highest BCUT2D eigenvalue weighted by Crippen LogP contribution is 2.38. The van der Waals surface area contributed by atoms with E-state index in [9.17, 15) is 14.4 Å². The molecule has 2 fully saturated rings. The third kappa shape index (κ3) is 3.23. The predicted molar refractivity (Wildman–Crippen MR) is 96.2 cm³/mol. The topological polar surface area (TPSA) is 76.6 Å². The number of thiazole rings is 1. The molecule has 0 bridgehead atoms. The SMILES string of the molecule is O=C(CCN1C(=O)[C@@H]2CCCC[C@H]2C1=O)OCc1nc2ccccc2s1. The van der Waals surface area contributed by atoms with E-state index in [2.05, 4.69) is 4.98 Å². The van der Waals surface area contributed by atoms with Gasteiger partial charge in [-0.3, -0.25) is 19.3 Å². The predicted octanol–water partition coefficient (Wildman–Crippen LogP) is 2.90. The Balaban J connectivity index is 1.30. The minimum absolute atomic E-state index is 0.0296. The van der Waals surface area contributed by atoms with E-state index in [1.807, 2.05) is 24.3 Å². The summed E-state index contributed by atoms with van der Waals surface area (Å²) in [6.07, 6.45) is 3.60. The summed E-state index contributed by atoms with van der Waals surface area (Å²) in [5.41, 5.74) is 0.888. The summed E-state index contributed by atoms with van der Waals surface area (Å²) in [4.78, 5) is 42.5. The molecule has 0 unspecified atom stereocenters. The van der Waals surface area contributed by atoms with Crippen molar-refractivity contribution in [3.63, 3.8) is 0 Å². The van der Waals surface area contributed by atoms with Gasteiger partial charge in [-0.05, 0) is 25.0 Å².